The highest BCUT2D eigenvalue weighted by Gasteiger charge is 2.10. The molecule has 0 bridgehead atoms. The summed E-state index contributed by atoms with van der Waals surface area (Å²) in [5.41, 5.74) is 1.11. The maximum Gasteiger partial charge on any atom is 0.353 e. The number of nitrogens with one attached hydrogen (secondary N) is 1. The summed E-state index contributed by atoms with van der Waals surface area (Å²) in [6.07, 6.45) is 0. The highest BCUT2D eigenvalue weighted by Crippen LogP contribution is 2.07. The van der Waals surface area contributed by atoms with E-state index >= 15 is 0 Å². The predicted octanol–water partition coefficient (Wildman–Crippen LogP) is 1.17. The van der Waals surface area contributed by atoms with Gasteiger partial charge in [-0.15, -0.1) is 0 Å². The van der Waals surface area contributed by atoms with Gasteiger partial charge in [-0.2, -0.15) is 0 Å². The van der Waals surface area contributed by atoms with Crippen LogP contribution in [0.25, 0.3) is 5.69 Å². The van der Waals surface area contributed by atoms with Crippen LogP contribution in [0.3, 0.4) is 0 Å². The maximum absolute atomic E-state index is 11.5. The van der Waals surface area contributed by atoms with Crippen molar-refractivity contribution in [1.82, 2.24) is 9.78 Å². The lowest BCUT2D eigenvalue weighted by atomic mass is 10.2. The third-order valence-electron chi connectivity index (χ3n) is 2.21. The molecular formula is C11H10N2O3. The van der Waals surface area contributed by atoms with E-state index in [0.717, 1.165) is 11.6 Å². The van der Waals surface area contributed by atoms with Crippen molar-refractivity contribution in [2.45, 2.75) is 6.92 Å². The maximum atomic E-state index is 11.5. The molecule has 1 heterocycles. The number of carboxylic acid groups (broad SMARTS) is 1. The van der Waals surface area contributed by atoms with Crippen LogP contribution < -0.4 is 5.56 Å². The molecule has 0 amide bonds. The quantitative estimate of drug-likeness (QED) is 0.794. The summed E-state index contributed by atoms with van der Waals surface area (Å²) in [7, 11) is 0. The number of aromatic carboxylic acids is 1. The standard InChI is InChI=1S/C11H10N2O3/c1-7-3-2-4-8(5-7)13-10(14)6-9(12-13)11(15)16/h2-6,12H,1H3,(H,15,16). The minimum Gasteiger partial charge on any atom is -0.477 e. The van der Waals surface area contributed by atoms with Gasteiger partial charge in [0.05, 0.1) is 5.69 Å². The Labute approximate surface area is 90.9 Å². The Bertz CT molecular complexity index is 595. The number of H-pyrrole nitrogens is 1. The van der Waals surface area contributed by atoms with Gasteiger partial charge < -0.3 is 5.11 Å². The van der Waals surface area contributed by atoms with Gasteiger partial charge in [0.15, 0.2) is 0 Å². The lowest BCUT2D eigenvalue weighted by Gasteiger charge is -2.02. The van der Waals surface area contributed by atoms with E-state index < -0.39 is 5.97 Å². The Hall–Kier alpha value is -2.30. The first-order valence-corrected chi connectivity index (χ1v) is 4.70. The topological polar surface area (TPSA) is 75.1 Å². The molecule has 5 heteroatoms. The Morgan fingerprint density at radius 1 is 1.38 bits per heavy atom. The fraction of sp³-hybridized carbons (Fsp3) is 0.0909. The second kappa shape index (κ2) is 3.69. The monoisotopic (exact) mass is 218 g/mol. The van der Waals surface area contributed by atoms with Gasteiger partial charge in [-0.25, -0.2) is 9.48 Å². The Morgan fingerprint density at radius 2 is 2.12 bits per heavy atom. The third-order valence-corrected chi connectivity index (χ3v) is 2.21. The third kappa shape index (κ3) is 1.75. The van der Waals surface area contributed by atoms with E-state index in [9.17, 15) is 9.59 Å². The number of hydrogen-bond donors (Lipinski definition) is 2. The highest BCUT2D eigenvalue weighted by atomic mass is 16.4. The number of benzene rings is 1. The number of nitrogens with zero attached hydrogens (tertiary/aromatic N) is 1. The second-order valence-corrected chi connectivity index (χ2v) is 3.49. The van der Waals surface area contributed by atoms with E-state index in [4.69, 9.17) is 5.11 Å². The van der Waals surface area contributed by atoms with Crippen molar-refractivity contribution in [1.29, 1.82) is 0 Å². The first-order chi connectivity index (χ1) is 7.58. The van der Waals surface area contributed by atoms with E-state index in [-0.39, 0.29) is 11.3 Å². The number of aromatic nitrogens is 2. The molecule has 1 aromatic carbocycles. The Morgan fingerprint density at radius 3 is 2.69 bits per heavy atom. The van der Waals surface area contributed by atoms with Crippen molar-refractivity contribution in [3.8, 4) is 5.69 Å². The lowest BCUT2D eigenvalue weighted by molar-refractivity contribution is 0.0690. The molecule has 0 aliphatic carbocycles. The molecule has 0 atom stereocenters. The molecule has 16 heavy (non-hydrogen) atoms. The van der Waals surface area contributed by atoms with Crippen LogP contribution in [0.15, 0.2) is 35.1 Å². The average Bonchev–Trinajstić information content (AvgIpc) is 2.60. The summed E-state index contributed by atoms with van der Waals surface area (Å²) in [5, 5.41) is 11.3. The smallest absolute Gasteiger partial charge is 0.353 e. The molecule has 0 saturated heterocycles. The summed E-state index contributed by atoms with van der Waals surface area (Å²) in [4.78, 5) is 22.2. The lowest BCUT2D eigenvalue weighted by Crippen LogP contribution is -2.13. The van der Waals surface area contributed by atoms with Crippen LogP contribution in [0.1, 0.15) is 16.1 Å². The van der Waals surface area contributed by atoms with Gasteiger partial charge in [0.1, 0.15) is 5.69 Å². The number of hydrogen-bond acceptors (Lipinski definition) is 2. The van der Waals surface area contributed by atoms with Gasteiger partial charge in [-0.05, 0) is 24.6 Å². The molecule has 1 aromatic heterocycles. The van der Waals surface area contributed by atoms with Crippen LogP contribution in [-0.4, -0.2) is 20.9 Å². The minimum atomic E-state index is -1.15. The largest absolute Gasteiger partial charge is 0.477 e. The van der Waals surface area contributed by atoms with Crippen LogP contribution in [0.2, 0.25) is 0 Å². The number of aryl methyl sites for hydroxylation is 1. The molecule has 82 valence electrons. The van der Waals surface area contributed by atoms with Crippen molar-refractivity contribution in [2.75, 3.05) is 0 Å². The van der Waals surface area contributed by atoms with Crippen molar-refractivity contribution >= 4 is 5.97 Å². The Kier molecular flexibility index (Phi) is 2.36. The first kappa shape index (κ1) is 10.2. The van der Waals surface area contributed by atoms with Gasteiger partial charge in [0, 0.05) is 6.07 Å². The number of aromatic amines is 1. The summed E-state index contributed by atoms with van der Waals surface area (Å²) in [5.74, 6) is -1.15. The Balaban J connectivity index is 2.56. The molecule has 0 aliphatic heterocycles. The van der Waals surface area contributed by atoms with Crippen LogP contribution in [0.4, 0.5) is 0 Å². The van der Waals surface area contributed by atoms with Gasteiger partial charge in [-0.3, -0.25) is 9.89 Å². The van der Waals surface area contributed by atoms with E-state index in [1.165, 1.54) is 4.68 Å². The molecular weight excluding hydrogens is 208 g/mol. The minimum absolute atomic E-state index is 0.119. The van der Waals surface area contributed by atoms with Gasteiger partial charge in [0.2, 0.25) is 0 Å². The van der Waals surface area contributed by atoms with Crippen molar-refractivity contribution in [2.24, 2.45) is 0 Å². The van der Waals surface area contributed by atoms with E-state index in [2.05, 4.69) is 5.10 Å². The molecule has 0 radical (unpaired) electrons. The molecule has 0 unspecified atom stereocenters. The fourth-order valence-corrected chi connectivity index (χ4v) is 1.46. The fourth-order valence-electron chi connectivity index (χ4n) is 1.46. The van der Waals surface area contributed by atoms with Gasteiger partial charge >= 0.3 is 5.97 Å². The number of carboxylic acids is 1. The molecule has 2 aromatic rings. The zero-order valence-electron chi connectivity index (χ0n) is 8.60. The highest BCUT2D eigenvalue weighted by molar-refractivity contribution is 5.85. The normalized spacial score (nSPS) is 10.3. The summed E-state index contributed by atoms with van der Waals surface area (Å²) < 4.78 is 1.20. The van der Waals surface area contributed by atoms with Gasteiger partial charge in [-0.1, -0.05) is 12.1 Å². The summed E-state index contributed by atoms with van der Waals surface area (Å²) in [6.45, 7) is 1.90. The molecule has 2 N–H and O–H groups in total. The number of rotatable bonds is 2. The van der Waals surface area contributed by atoms with E-state index in [1.807, 2.05) is 13.0 Å². The van der Waals surface area contributed by atoms with E-state index in [1.54, 1.807) is 18.2 Å². The second-order valence-electron chi connectivity index (χ2n) is 3.49. The van der Waals surface area contributed by atoms with Crippen LogP contribution >= 0.6 is 0 Å². The van der Waals surface area contributed by atoms with Crippen molar-refractivity contribution in [3.63, 3.8) is 0 Å². The van der Waals surface area contributed by atoms with Crippen LogP contribution in [-0.2, 0) is 0 Å². The molecule has 0 spiro atoms. The molecule has 2 rings (SSSR count). The zero-order chi connectivity index (χ0) is 11.7. The van der Waals surface area contributed by atoms with Crippen LogP contribution in [0, 0.1) is 6.92 Å². The molecule has 0 fully saturated rings. The van der Waals surface area contributed by atoms with Crippen molar-refractivity contribution in [3.05, 3.63) is 51.9 Å². The zero-order valence-corrected chi connectivity index (χ0v) is 8.60. The average molecular weight is 218 g/mol. The molecule has 0 aliphatic rings. The number of carbonyl (C=O) groups is 1. The molecule has 5 nitrogen and oxygen atoms in total. The van der Waals surface area contributed by atoms with Gasteiger partial charge in [0.25, 0.3) is 5.56 Å². The van der Waals surface area contributed by atoms with Crippen LogP contribution in [0.5, 0.6) is 0 Å². The van der Waals surface area contributed by atoms with Crippen molar-refractivity contribution < 1.29 is 9.90 Å². The first-order valence-electron chi connectivity index (χ1n) is 4.70. The summed E-state index contributed by atoms with van der Waals surface area (Å²) in [6, 6.07) is 8.29. The predicted molar refractivity (Wildman–Crippen MR) is 58.1 cm³/mol. The molecule has 0 saturated carbocycles. The van der Waals surface area contributed by atoms with E-state index in [0.29, 0.717) is 5.69 Å². The SMILES string of the molecule is Cc1cccc(-n2[nH]c(C(=O)O)cc2=O)c1. The summed E-state index contributed by atoms with van der Waals surface area (Å²) >= 11 is 0.